The van der Waals surface area contributed by atoms with Crippen molar-refractivity contribution < 1.29 is 58.6 Å². The van der Waals surface area contributed by atoms with E-state index in [9.17, 15) is 49.1 Å². The Balaban J connectivity index is 1.82. The van der Waals surface area contributed by atoms with Crippen LogP contribution in [0.2, 0.25) is 0 Å². The van der Waals surface area contributed by atoms with Crippen LogP contribution < -0.4 is 9.64 Å². The van der Waals surface area contributed by atoms with Crippen LogP contribution in [0, 0.1) is 5.41 Å². The maximum atomic E-state index is 14.1. The molecule has 1 saturated heterocycles. The van der Waals surface area contributed by atoms with Crippen LogP contribution in [0.25, 0.3) is 5.57 Å². The Morgan fingerprint density at radius 2 is 1.55 bits per heavy atom. The number of alkyl halides is 9. The Hall–Kier alpha value is -3.91. The average molecular weight is 681 g/mol. The standard InChI is InChI=1S/C32H33F9N2O4/c1-16-27(18-9-20(30(33,34)35)11-21(10-18)31(36,37)38)47-28(45)43(16)15-19-14-29(3,4)8-7-22(19)23-12-25(42(5)17(2)44)24(32(39,40)41)13-26(23)46-6/h9-13,16,27H,7-8,14-15H2,1-6H3. The summed E-state index contributed by atoms with van der Waals surface area (Å²) in [7, 11) is 2.39. The van der Waals surface area contributed by atoms with E-state index < -0.39 is 70.6 Å². The summed E-state index contributed by atoms with van der Waals surface area (Å²) in [6.07, 6.45) is -16.3. The molecule has 15 heteroatoms. The van der Waals surface area contributed by atoms with Crippen molar-refractivity contribution in [1.82, 2.24) is 4.90 Å². The van der Waals surface area contributed by atoms with Crippen LogP contribution in [0.3, 0.4) is 0 Å². The maximum absolute atomic E-state index is 14.1. The van der Waals surface area contributed by atoms with Gasteiger partial charge in [0.05, 0.1) is 35.5 Å². The summed E-state index contributed by atoms with van der Waals surface area (Å²) in [6, 6.07) is 1.98. The van der Waals surface area contributed by atoms with Gasteiger partial charge in [0.2, 0.25) is 5.91 Å². The van der Waals surface area contributed by atoms with E-state index in [2.05, 4.69) is 0 Å². The van der Waals surface area contributed by atoms with E-state index in [1.165, 1.54) is 32.0 Å². The van der Waals surface area contributed by atoms with Crippen LogP contribution in [0.15, 0.2) is 35.9 Å². The van der Waals surface area contributed by atoms with Crippen LogP contribution in [-0.2, 0) is 28.1 Å². The molecule has 2 unspecified atom stereocenters. The summed E-state index contributed by atoms with van der Waals surface area (Å²) in [5.74, 6) is -0.794. The summed E-state index contributed by atoms with van der Waals surface area (Å²) in [4.78, 5) is 27.3. The fourth-order valence-corrected chi connectivity index (χ4v) is 6.05. The van der Waals surface area contributed by atoms with Gasteiger partial charge in [-0.1, -0.05) is 13.8 Å². The van der Waals surface area contributed by atoms with E-state index in [1.807, 2.05) is 13.8 Å². The molecule has 2 atom stereocenters. The number of carbonyl (C=O) groups excluding carboxylic acids is 2. The highest BCUT2D eigenvalue weighted by Gasteiger charge is 2.45. The molecule has 1 fully saturated rings. The van der Waals surface area contributed by atoms with Crippen LogP contribution in [0.1, 0.15) is 80.9 Å². The third-order valence-electron chi connectivity index (χ3n) is 8.64. The quantitative estimate of drug-likeness (QED) is 0.286. The summed E-state index contributed by atoms with van der Waals surface area (Å²) < 4.78 is 134. The van der Waals surface area contributed by atoms with Crippen molar-refractivity contribution in [2.24, 2.45) is 5.41 Å². The first-order valence-electron chi connectivity index (χ1n) is 14.5. The highest BCUT2D eigenvalue weighted by Crippen LogP contribution is 2.49. The first kappa shape index (κ1) is 35.9. The van der Waals surface area contributed by atoms with Gasteiger partial charge in [-0.3, -0.25) is 9.69 Å². The number of cyclic esters (lactones) is 1. The number of hydrogen-bond acceptors (Lipinski definition) is 4. The molecule has 0 saturated carbocycles. The molecule has 2 aromatic carbocycles. The fraction of sp³-hybridized carbons (Fsp3) is 0.500. The Morgan fingerprint density at radius 3 is 2.04 bits per heavy atom. The third-order valence-corrected chi connectivity index (χ3v) is 8.64. The van der Waals surface area contributed by atoms with Crippen LogP contribution in [0.4, 0.5) is 50.0 Å². The number of benzene rings is 2. The molecule has 2 amide bonds. The van der Waals surface area contributed by atoms with Gasteiger partial charge < -0.3 is 14.4 Å². The van der Waals surface area contributed by atoms with Crippen LogP contribution in [-0.4, -0.2) is 43.6 Å². The van der Waals surface area contributed by atoms with Crippen molar-refractivity contribution in [2.45, 2.75) is 77.6 Å². The molecule has 1 heterocycles. The van der Waals surface area contributed by atoms with E-state index >= 15 is 0 Å². The second-order valence-corrected chi connectivity index (χ2v) is 12.6. The SMILES string of the molecule is COc1cc(C(F)(F)F)c(N(C)C(C)=O)cc1C1=C(CN2C(=O)OC(c3cc(C(F)(F)F)cc(C(F)(F)F)c3)C2C)CC(C)(C)CC1. The summed E-state index contributed by atoms with van der Waals surface area (Å²) in [6.45, 7) is 6.24. The predicted molar refractivity (Wildman–Crippen MR) is 153 cm³/mol. The Bertz CT molecular complexity index is 1560. The van der Waals surface area contributed by atoms with Gasteiger partial charge in [-0.15, -0.1) is 0 Å². The molecule has 47 heavy (non-hydrogen) atoms. The first-order chi connectivity index (χ1) is 21.4. The molecule has 0 aromatic heterocycles. The number of allylic oxidation sites excluding steroid dienone is 1. The first-order valence-corrected chi connectivity index (χ1v) is 14.5. The van der Waals surface area contributed by atoms with E-state index in [0.717, 1.165) is 17.9 Å². The number of rotatable bonds is 6. The lowest BCUT2D eigenvalue weighted by Crippen LogP contribution is -2.35. The monoisotopic (exact) mass is 680 g/mol. The summed E-state index contributed by atoms with van der Waals surface area (Å²) in [5, 5.41) is 0. The lowest BCUT2D eigenvalue weighted by molar-refractivity contribution is -0.143. The predicted octanol–water partition coefficient (Wildman–Crippen LogP) is 9.28. The molecule has 2 aliphatic rings. The van der Waals surface area contributed by atoms with Crippen molar-refractivity contribution in [2.75, 3.05) is 25.6 Å². The minimum atomic E-state index is -5.11. The average Bonchev–Trinajstić information content (AvgIpc) is 3.22. The van der Waals surface area contributed by atoms with Gasteiger partial charge in [-0.05, 0) is 78.6 Å². The van der Waals surface area contributed by atoms with Crippen LogP contribution >= 0.6 is 0 Å². The molecule has 0 radical (unpaired) electrons. The van der Waals surface area contributed by atoms with Crippen molar-refractivity contribution in [3.8, 4) is 5.75 Å². The molecule has 0 bridgehead atoms. The van der Waals surface area contributed by atoms with E-state index in [4.69, 9.17) is 9.47 Å². The maximum Gasteiger partial charge on any atom is 0.418 e. The molecule has 1 aliphatic heterocycles. The number of anilines is 1. The van der Waals surface area contributed by atoms with Crippen molar-refractivity contribution in [3.05, 3.63) is 63.7 Å². The number of nitrogens with zero attached hydrogens (tertiary/aromatic N) is 2. The number of halogens is 9. The second-order valence-electron chi connectivity index (χ2n) is 12.6. The van der Waals surface area contributed by atoms with Crippen molar-refractivity contribution in [1.29, 1.82) is 0 Å². The zero-order chi connectivity index (χ0) is 35.4. The Labute approximate surface area is 265 Å². The zero-order valence-corrected chi connectivity index (χ0v) is 26.3. The smallest absolute Gasteiger partial charge is 0.418 e. The van der Waals surface area contributed by atoms with Gasteiger partial charge >= 0.3 is 24.6 Å². The number of methoxy groups -OCH3 is 1. The van der Waals surface area contributed by atoms with Gasteiger partial charge in [-0.25, -0.2) is 4.79 Å². The van der Waals surface area contributed by atoms with Gasteiger partial charge in [0.1, 0.15) is 11.9 Å². The highest BCUT2D eigenvalue weighted by molar-refractivity contribution is 5.93. The van der Waals surface area contributed by atoms with E-state index in [1.54, 1.807) is 0 Å². The lowest BCUT2D eigenvalue weighted by atomic mass is 9.72. The summed E-state index contributed by atoms with van der Waals surface area (Å²) in [5.41, 5.74) is -4.09. The largest absolute Gasteiger partial charge is 0.496 e. The topological polar surface area (TPSA) is 59.1 Å². The van der Waals surface area contributed by atoms with Gasteiger partial charge in [0.25, 0.3) is 0 Å². The van der Waals surface area contributed by atoms with E-state index in [-0.39, 0.29) is 29.3 Å². The van der Waals surface area contributed by atoms with Gasteiger partial charge in [-0.2, -0.15) is 39.5 Å². The number of hydrogen-bond donors (Lipinski definition) is 0. The molecular weight excluding hydrogens is 647 g/mol. The van der Waals surface area contributed by atoms with Crippen molar-refractivity contribution >= 4 is 23.3 Å². The van der Waals surface area contributed by atoms with Crippen molar-refractivity contribution in [3.63, 3.8) is 0 Å². The Kier molecular flexibility index (Phi) is 9.38. The van der Waals surface area contributed by atoms with E-state index in [0.29, 0.717) is 42.5 Å². The molecule has 1 aliphatic carbocycles. The highest BCUT2D eigenvalue weighted by atomic mass is 19.4. The molecule has 0 spiro atoms. The zero-order valence-electron chi connectivity index (χ0n) is 26.3. The molecule has 4 rings (SSSR count). The summed E-state index contributed by atoms with van der Waals surface area (Å²) >= 11 is 0. The third kappa shape index (κ3) is 7.48. The van der Waals surface area contributed by atoms with Crippen LogP contribution in [0.5, 0.6) is 5.75 Å². The molecule has 2 aromatic rings. The lowest BCUT2D eigenvalue weighted by Gasteiger charge is -2.36. The number of amides is 2. The van der Waals surface area contributed by atoms with Gasteiger partial charge in [0.15, 0.2) is 0 Å². The fourth-order valence-electron chi connectivity index (χ4n) is 6.05. The second kappa shape index (κ2) is 12.3. The van der Waals surface area contributed by atoms with Gasteiger partial charge in [0, 0.05) is 26.1 Å². The Morgan fingerprint density at radius 1 is 0.979 bits per heavy atom. The normalized spacial score (nSPS) is 20.4. The number of carbonyl (C=O) groups is 2. The minimum absolute atomic E-state index is 0.0147. The number of ether oxygens (including phenoxy) is 2. The molecule has 258 valence electrons. The minimum Gasteiger partial charge on any atom is -0.496 e. The molecular formula is C32H33F9N2O4. The molecule has 6 nitrogen and oxygen atoms in total. The molecule has 0 N–H and O–H groups in total.